The molecule has 0 aromatic rings. The lowest BCUT2D eigenvalue weighted by atomic mass is 10.1. The lowest BCUT2D eigenvalue weighted by Gasteiger charge is -2.25. The first-order chi connectivity index (χ1) is 5.59. The van der Waals surface area contributed by atoms with Crippen LogP contribution in [-0.4, -0.2) is 18.0 Å². The summed E-state index contributed by atoms with van der Waals surface area (Å²) in [5, 5.41) is 0. The van der Waals surface area contributed by atoms with Crippen LogP contribution in [-0.2, 0) is 0 Å². The van der Waals surface area contributed by atoms with Crippen LogP contribution in [0.15, 0.2) is 12.3 Å². The summed E-state index contributed by atoms with van der Waals surface area (Å²) in [5.41, 5.74) is 1.28. The first-order valence-electron chi connectivity index (χ1n) is 5.00. The van der Waals surface area contributed by atoms with Gasteiger partial charge in [-0.2, -0.15) is 0 Å². The zero-order valence-electron chi connectivity index (χ0n) is 9.06. The van der Waals surface area contributed by atoms with Crippen molar-refractivity contribution in [1.82, 2.24) is 4.90 Å². The molecular weight excluding hydrogens is 146 g/mol. The molecule has 12 heavy (non-hydrogen) atoms. The van der Waals surface area contributed by atoms with E-state index in [1.165, 1.54) is 25.0 Å². The van der Waals surface area contributed by atoms with Crippen LogP contribution in [0.4, 0.5) is 0 Å². The Hall–Kier alpha value is -0.460. The molecule has 0 heterocycles. The molecule has 0 aromatic carbocycles. The zero-order valence-corrected chi connectivity index (χ0v) is 9.06. The van der Waals surface area contributed by atoms with Gasteiger partial charge >= 0.3 is 0 Å². The molecule has 0 atom stereocenters. The second-order valence-corrected chi connectivity index (χ2v) is 3.73. The summed E-state index contributed by atoms with van der Waals surface area (Å²) < 4.78 is 0. The summed E-state index contributed by atoms with van der Waals surface area (Å²) in [4.78, 5) is 2.26. The topological polar surface area (TPSA) is 3.24 Å². The average Bonchev–Trinajstić information content (AvgIpc) is 2.03. The van der Waals surface area contributed by atoms with Gasteiger partial charge in [-0.3, -0.25) is 0 Å². The van der Waals surface area contributed by atoms with Crippen molar-refractivity contribution in [2.75, 3.05) is 7.05 Å². The molecular formula is C11H23N. The molecule has 0 aliphatic carbocycles. The van der Waals surface area contributed by atoms with Crippen molar-refractivity contribution < 1.29 is 0 Å². The van der Waals surface area contributed by atoms with Crippen LogP contribution in [0.3, 0.4) is 0 Å². The number of rotatable bonds is 6. The third-order valence-corrected chi connectivity index (χ3v) is 2.34. The Balaban J connectivity index is 3.57. The fraction of sp³-hybridized carbons (Fsp3) is 0.818. The van der Waals surface area contributed by atoms with E-state index in [9.17, 15) is 0 Å². The van der Waals surface area contributed by atoms with Gasteiger partial charge in [0, 0.05) is 18.8 Å². The zero-order chi connectivity index (χ0) is 9.56. The van der Waals surface area contributed by atoms with Crippen LogP contribution in [0.5, 0.6) is 0 Å². The number of nitrogens with zero attached hydrogens (tertiary/aromatic N) is 1. The van der Waals surface area contributed by atoms with Crippen molar-refractivity contribution in [3.8, 4) is 0 Å². The highest BCUT2D eigenvalue weighted by Crippen LogP contribution is 2.12. The summed E-state index contributed by atoms with van der Waals surface area (Å²) in [6.45, 7) is 10.7. The highest BCUT2D eigenvalue weighted by Gasteiger charge is 2.04. The highest BCUT2D eigenvalue weighted by molar-refractivity contribution is 4.93. The molecule has 0 amide bonds. The van der Waals surface area contributed by atoms with Crippen molar-refractivity contribution in [2.24, 2.45) is 0 Å². The van der Waals surface area contributed by atoms with E-state index in [4.69, 9.17) is 0 Å². The van der Waals surface area contributed by atoms with Gasteiger partial charge in [-0.25, -0.2) is 0 Å². The Kier molecular flexibility index (Phi) is 5.87. The highest BCUT2D eigenvalue weighted by atomic mass is 15.1. The normalized spacial score (nSPS) is 10.4. The molecule has 0 saturated carbocycles. The maximum absolute atomic E-state index is 4.07. The molecule has 0 radical (unpaired) electrons. The fourth-order valence-corrected chi connectivity index (χ4v) is 1.12. The predicted molar refractivity (Wildman–Crippen MR) is 56.2 cm³/mol. The van der Waals surface area contributed by atoms with Gasteiger partial charge in [-0.15, -0.1) is 0 Å². The Labute approximate surface area is 77.5 Å². The third kappa shape index (κ3) is 4.42. The van der Waals surface area contributed by atoms with Crippen molar-refractivity contribution >= 4 is 0 Å². The minimum atomic E-state index is 0.583. The second kappa shape index (κ2) is 6.10. The SMILES string of the molecule is C=C(CCCCC)N(C)C(C)C. The van der Waals surface area contributed by atoms with Crippen molar-refractivity contribution in [1.29, 1.82) is 0 Å². The van der Waals surface area contributed by atoms with E-state index in [2.05, 4.69) is 39.3 Å². The maximum atomic E-state index is 4.07. The van der Waals surface area contributed by atoms with E-state index >= 15 is 0 Å². The minimum absolute atomic E-state index is 0.583. The van der Waals surface area contributed by atoms with Gasteiger partial charge in [0.15, 0.2) is 0 Å². The quantitative estimate of drug-likeness (QED) is 0.551. The Morgan fingerprint density at radius 1 is 1.33 bits per heavy atom. The molecule has 0 fully saturated rings. The van der Waals surface area contributed by atoms with Crippen LogP contribution in [0.25, 0.3) is 0 Å². The average molecular weight is 169 g/mol. The summed E-state index contributed by atoms with van der Waals surface area (Å²) in [5.74, 6) is 0. The van der Waals surface area contributed by atoms with Gasteiger partial charge < -0.3 is 4.90 Å². The molecule has 0 aliphatic heterocycles. The molecule has 72 valence electrons. The Morgan fingerprint density at radius 2 is 1.92 bits per heavy atom. The lowest BCUT2D eigenvalue weighted by Crippen LogP contribution is -2.24. The Bertz CT molecular complexity index is 127. The molecule has 0 unspecified atom stereocenters. The van der Waals surface area contributed by atoms with Gasteiger partial charge in [-0.05, 0) is 26.7 Å². The number of unbranched alkanes of at least 4 members (excludes halogenated alkanes) is 2. The molecule has 0 spiro atoms. The summed E-state index contributed by atoms with van der Waals surface area (Å²) in [6, 6.07) is 0.583. The monoisotopic (exact) mass is 169 g/mol. The number of allylic oxidation sites excluding steroid dienone is 1. The summed E-state index contributed by atoms with van der Waals surface area (Å²) in [6.07, 6.45) is 5.05. The molecule has 0 N–H and O–H groups in total. The van der Waals surface area contributed by atoms with Crippen molar-refractivity contribution in [3.05, 3.63) is 12.3 Å². The molecule has 0 aromatic heterocycles. The second-order valence-electron chi connectivity index (χ2n) is 3.73. The summed E-state index contributed by atoms with van der Waals surface area (Å²) >= 11 is 0. The van der Waals surface area contributed by atoms with E-state index in [0.29, 0.717) is 6.04 Å². The molecule has 0 saturated heterocycles. The maximum Gasteiger partial charge on any atom is 0.0226 e. The van der Waals surface area contributed by atoms with Gasteiger partial charge in [0.25, 0.3) is 0 Å². The molecule has 1 nitrogen and oxygen atoms in total. The van der Waals surface area contributed by atoms with Gasteiger partial charge in [0.2, 0.25) is 0 Å². The molecule has 1 heteroatoms. The van der Waals surface area contributed by atoms with E-state index in [1.54, 1.807) is 0 Å². The minimum Gasteiger partial charge on any atom is -0.376 e. The van der Waals surface area contributed by atoms with Crippen LogP contribution in [0.1, 0.15) is 46.5 Å². The standard InChI is InChI=1S/C11H23N/c1-6-7-8-9-11(4)12(5)10(2)3/h10H,4,6-9H2,1-3,5H3. The van der Waals surface area contributed by atoms with Crippen LogP contribution in [0.2, 0.25) is 0 Å². The number of hydrogen-bond donors (Lipinski definition) is 0. The van der Waals surface area contributed by atoms with Crippen molar-refractivity contribution in [3.63, 3.8) is 0 Å². The van der Waals surface area contributed by atoms with Crippen molar-refractivity contribution in [2.45, 2.75) is 52.5 Å². The van der Waals surface area contributed by atoms with Gasteiger partial charge in [0.1, 0.15) is 0 Å². The first kappa shape index (κ1) is 11.5. The third-order valence-electron chi connectivity index (χ3n) is 2.34. The molecule has 0 rings (SSSR count). The van der Waals surface area contributed by atoms with E-state index < -0.39 is 0 Å². The molecule has 0 bridgehead atoms. The lowest BCUT2D eigenvalue weighted by molar-refractivity contribution is 0.331. The van der Waals surface area contributed by atoms with Crippen LogP contribution >= 0.6 is 0 Å². The van der Waals surface area contributed by atoms with Gasteiger partial charge in [-0.1, -0.05) is 26.3 Å². The van der Waals surface area contributed by atoms with E-state index in [-0.39, 0.29) is 0 Å². The fourth-order valence-electron chi connectivity index (χ4n) is 1.12. The van der Waals surface area contributed by atoms with Crippen LogP contribution < -0.4 is 0 Å². The smallest absolute Gasteiger partial charge is 0.0226 e. The number of hydrogen-bond acceptors (Lipinski definition) is 1. The summed E-state index contributed by atoms with van der Waals surface area (Å²) in [7, 11) is 2.12. The molecule has 0 aliphatic rings. The first-order valence-corrected chi connectivity index (χ1v) is 5.00. The van der Waals surface area contributed by atoms with E-state index in [0.717, 1.165) is 6.42 Å². The van der Waals surface area contributed by atoms with E-state index in [1.807, 2.05) is 0 Å². The largest absolute Gasteiger partial charge is 0.376 e. The van der Waals surface area contributed by atoms with Crippen LogP contribution in [0, 0.1) is 0 Å². The Morgan fingerprint density at radius 3 is 2.33 bits per heavy atom. The van der Waals surface area contributed by atoms with Gasteiger partial charge in [0.05, 0.1) is 0 Å². The predicted octanol–water partition coefficient (Wildman–Crippen LogP) is 3.42.